The molecule has 1 aromatic heterocycles. The average molecular weight is 506 g/mol. The Hall–Kier alpha value is -2.92. The van der Waals surface area contributed by atoms with E-state index >= 15 is 0 Å². The van der Waals surface area contributed by atoms with Gasteiger partial charge in [-0.1, -0.05) is 23.7 Å². The first kappa shape index (κ1) is 26.7. The Labute approximate surface area is 209 Å². The van der Waals surface area contributed by atoms with E-state index in [4.69, 9.17) is 26.8 Å². The van der Waals surface area contributed by atoms with Crippen LogP contribution in [-0.4, -0.2) is 86.3 Å². The fraction of sp³-hybridized carbons (Fsp3) is 0.458. The van der Waals surface area contributed by atoms with Crippen molar-refractivity contribution in [3.05, 3.63) is 62.4 Å². The molecule has 0 unspecified atom stereocenters. The number of aromatic nitrogens is 1. The fourth-order valence-electron chi connectivity index (χ4n) is 4.09. The summed E-state index contributed by atoms with van der Waals surface area (Å²) in [6, 6.07) is 8.44. The standard InChI is InChI=1S/C24H32ClN5O5/c1-29(13-15-4-6-16(7-5-15)24(33)35-3)10-11-30-9-8-19(20(14-30)34-2)27-22(31)17-12-18(25)21(26)28-23(17)32/h4-7,12,19-20H,8-11,13-14H2,1-3H3,(H,27,31)(H3,26,28,32)/t19-,20+/m0/s1. The van der Waals surface area contributed by atoms with Crippen molar-refractivity contribution in [2.45, 2.75) is 25.1 Å². The van der Waals surface area contributed by atoms with Gasteiger partial charge >= 0.3 is 5.97 Å². The molecule has 0 spiro atoms. The molecule has 190 valence electrons. The second-order valence-corrected chi connectivity index (χ2v) is 9.05. The number of benzene rings is 1. The number of likely N-dealkylation sites (N-methyl/N-ethyl adjacent to an activating group) is 1. The molecule has 35 heavy (non-hydrogen) atoms. The maximum Gasteiger partial charge on any atom is 0.337 e. The highest BCUT2D eigenvalue weighted by atomic mass is 35.5. The minimum atomic E-state index is -0.584. The largest absolute Gasteiger partial charge is 0.465 e. The van der Waals surface area contributed by atoms with E-state index in [2.05, 4.69) is 20.1 Å². The highest BCUT2D eigenvalue weighted by molar-refractivity contribution is 6.33. The molecule has 10 nitrogen and oxygen atoms in total. The summed E-state index contributed by atoms with van der Waals surface area (Å²) >= 11 is 5.96. The summed E-state index contributed by atoms with van der Waals surface area (Å²) in [5, 5.41) is 3.03. The van der Waals surface area contributed by atoms with Crippen molar-refractivity contribution in [2.24, 2.45) is 0 Å². The second-order valence-electron chi connectivity index (χ2n) is 8.64. The first-order valence-electron chi connectivity index (χ1n) is 11.3. The van der Waals surface area contributed by atoms with Gasteiger partial charge in [0, 0.05) is 39.8 Å². The smallest absolute Gasteiger partial charge is 0.337 e. The maximum atomic E-state index is 12.7. The molecule has 1 fully saturated rings. The van der Waals surface area contributed by atoms with Crippen LogP contribution >= 0.6 is 11.6 Å². The number of ether oxygens (including phenoxy) is 2. The number of methoxy groups -OCH3 is 2. The third-order valence-electron chi connectivity index (χ3n) is 6.15. The Morgan fingerprint density at radius 2 is 2.00 bits per heavy atom. The van der Waals surface area contributed by atoms with Gasteiger partial charge in [-0.3, -0.25) is 14.5 Å². The zero-order chi connectivity index (χ0) is 25.5. The second kappa shape index (κ2) is 12.2. The lowest BCUT2D eigenvalue weighted by molar-refractivity contribution is 0.00441. The first-order valence-corrected chi connectivity index (χ1v) is 11.7. The SMILES string of the molecule is COC(=O)c1ccc(CN(C)CCN2CC[C@H](NC(=O)c3cc(Cl)c(N)[nH]c3=O)[C@H](OC)C2)cc1. The Bertz CT molecular complexity index is 1090. The van der Waals surface area contributed by atoms with E-state index in [-0.39, 0.29) is 34.5 Å². The van der Waals surface area contributed by atoms with Crippen LogP contribution in [0.15, 0.2) is 35.1 Å². The van der Waals surface area contributed by atoms with Crippen molar-refractivity contribution < 1.29 is 19.1 Å². The number of pyridine rings is 1. The van der Waals surface area contributed by atoms with Gasteiger partial charge in [0.2, 0.25) is 0 Å². The van der Waals surface area contributed by atoms with E-state index < -0.39 is 11.5 Å². The van der Waals surface area contributed by atoms with Crippen LogP contribution in [0.3, 0.4) is 0 Å². The monoisotopic (exact) mass is 505 g/mol. The van der Waals surface area contributed by atoms with Crippen molar-refractivity contribution in [1.29, 1.82) is 0 Å². The normalized spacial score (nSPS) is 18.4. The third-order valence-corrected chi connectivity index (χ3v) is 6.47. The molecule has 11 heteroatoms. The number of nitrogens with one attached hydrogen (secondary N) is 2. The summed E-state index contributed by atoms with van der Waals surface area (Å²) in [5.74, 6) is -0.827. The Morgan fingerprint density at radius 1 is 1.29 bits per heavy atom. The summed E-state index contributed by atoms with van der Waals surface area (Å²) < 4.78 is 10.4. The third kappa shape index (κ3) is 7.04. The molecule has 1 aromatic carbocycles. The van der Waals surface area contributed by atoms with Crippen LogP contribution < -0.4 is 16.6 Å². The van der Waals surface area contributed by atoms with Gasteiger partial charge in [0.25, 0.3) is 11.5 Å². The molecule has 0 saturated carbocycles. The number of halogens is 1. The number of likely N-dealkylation sites (tertiary alicyclic amines) is 1. The zero-order valence-electron chi connectivity index (χ0n) is 20.2. The lowest BCUT2D eigenvalue weighted by atomic mass is 10.0. The number of carbonyl (C=O) groups is 2. The number of rotatable bonds is 9. The van der Waals surface area contributed by atoms with Crippen molar-refractivity contribution in [2.75, 3.05) is 53.2 Å². The summed E-state index contributed by atoms with van der Waals surface area (Å²) in [6.45, 7) is 3.86. The molecule has 1 aliphatic rings. The molecule has 0 bridgehead atoms. The van der Waals surface area contributed by atoms with E-state index in [9.17, 15) is 14.4 Å². The van der Waals surface area contributed by atoms with Crippen molar-refractivity contribution in [1.82, 2.24) is 20.1 Å². The summed E-state index contributed by atoms with van der Waals surface area (Å²) in [5.41, 5.74) is 6.55. The summed E-state index contributed by atoms with van der Waals surface area (Å²) in [6.07, 6.45) is 0.469. The van der Waals surface area contributed by atoms with E-state index in [1.54, 1.807) is 19.2 Å². The predicted octanol–water partition coefficient (Wildman–Crippen LogP) is 1.35. The van der Waals surface area contributed by atoms with Crippen LogP contribution in [0.5, 0.6) is 0 Å². The lowest BCUT2D eigenvalue weighted by Crippen LogP contribution is -2.55. The molecule has 1 aliphatic heterocycles. The lowest BCUT2D eigenvalue weighted by Gasteiger charge is -2.38. The van der Waals surface area contributed by atoms with Gasteiger partial charge < -0.3 is 30.4 Å². The number of nitrogens with zero attached hydrogens (tertiary/aromatic N) is 2. The molecule has 3 rings (SSSR count). The van der Waals surface area contributed by atoms with Crippen LogP contribution in [0.4, 0.5) is 5.82 Å². The number of amides is 1. The van der Waals surface area contributed by atoms with Crippen LogP contribution in [0.1, 0.15) is 32.7 Å². The van der Waals surface area contributed by atoms with Crippen molar-refractivity contribution in [3.8, 4) is 0 Å². The van der Waals surface area contributed by atoms with Gasteiger partial charge in [0.05, 0.1) is 29.8 Å². The first-order chi connectivity index (χ1) is 16.7. The average Bonchev–Trinajstić information content (AvgIpc) is 2.85. The molecule has 2 heterocycles. The molecular weight excluding hydrogens is 474 g/mol. The molecule has 0 radical (unpaired) electrons. The number of nitrogen functional groups attached to an aromatic ring is 1. The van der Waals surface area contributed by atoms with Crippen molar-refractivity contribution in [3.63, 3.8) is 0 Å². The molecule has 4 N–H and O–H groups in total. The van der Waals surface area contributed by atoms with Crippen LogP contribution in [-0.2, 0) is 16.0 Å². The van der Waals surface area contributed by atoms with E-state index in [1.165, 1.54) is 13.2 Å². The Morgan fingerprint density at radius 3 is 2.66 bits per heavy atom. The quantitative estimate of drug-likeness (QED) is 0.435. The topological polar surface area (TPSA) is 130 Å². The molecule has 1 amide bonds. The number of nitrogens with two attached hydrogens (primary N) is 1. The van der Waals surface area contributed by atoms with E-state index in [1.807, 2.05) is 19.2 Å². The Balaban J connectivity index is 1.49. The number of esters is 1. The molecule has 2 atom stereocenters. The van der Waals surface area contributed by atoms with Gasteiger partial charge in [-0.15, -0.1) is 0 Å². The predicted molar refractivity (Wildman–Crippen MR) is 134 cm³/mol. The zero-order valence-corrected chi connectivity index (χ0v) is 20.9. The van der Waals surface area contributed by atoms with Gasteiger partial charge in [0.15, 0.2) is 0 Å². The molecule has 1 saturated heterocycles. The van der Waals surface area contributed by atoms with Gasteiger partial charge in [-0.2, -0.15) is 0 Å². The number of carbonyl (C=O) groups excluding carboxylic acids is 2. The summed E-state index contributed by atoms with van der Waals surface area (Å²) in [7, 11) is 5.03. The van der Waals surface area contributed by atoms with Gasteiger partial charge in [-0.05, 0) is 37.2 Å². The van der Waals surface area contributed by atoms with Gasteiger partial charge in [-0.25, -0.2) is 4.79 Å². The number of aromatic amines is 1. The fourth-order valence-corrected chi connectivity index (χ4v) is 4.25. The number of H-pyrrole nitrogens is 1. The minimum Gasteiger partial charge on any atom is -0.465 e. The maximum absolute atomic E-state index is 12.7. The van der Waals surface area contributed by atoms with Gasteiger partial charge in [0.1, 0.15) is 11.4 Å². The van der Waals surface area contributed by atoms with Crippen molar-refractivity contribution >= 4 is 29.3 Å². The Kier molecular flexibility index (Phi) is 9.27. The van der Waals surface area contributed by atoms with Crippen LogP contribution in [0, 0.1) is 0 Å². The van der Waals surface area contributed by atoms with Crippen LogP contribution in [0.2, 0.25) is 5.02 Å². The molecule has 2 aromatic rings. The minimum absolute atomic E-state index is 0.0273. The number of hydrogen-bond acceptors (Lipinski definition) is 8. The highest BCUT2D eigenvalue weighted by Gasteiger charge is 2.31. The number of piperidine rings is 1. The number of anilines is 1. The van der Waals surface area contributed by atoms with E-state index in [0.29, 0.717) is 18.5 Å². The van der Waals surface area contributed by atoms with E-state index in [0.717, 1.165) is 31.7 Å². The molecule has 0 aliphatic carbocycles. The summed E-state index contributed by atoms with van der Waals surface area (Å²) in [4.78, 5) is 43.2. The van der Waals surface area contributed by atoms with Crippen LogP contribution in [0.25, 0.3) is 0 Å². The highest BCUT2D eigenvalue weighted by Crippen LogP contribution is 2.17. The molecular formula is C24H32ClN5O5. The number of hydrogen-bond donors (Lipinski definition) is 3.